The number of carboxylic acid groups (broad SMARTS) is 1. The minimum absolute atomic E-state index is 0. The first-order valence-electron chi connectivity index (χ1n) is 6.16. The van der Waals surface area contributed by atoms with Gasteiger partial charge in [0.05, 0.1) is 11.5 Å². The Morgan fingerprint density at radius 3 is 2.65 bits per heavy atom. The maximum atomic E-state index is 10.8. The van der Waals surface area contributed by atoms with Crippen molar-refractivity contribution in [3.63, 3.8) is 0 Å². The lowest BCUT2D eigenvalue weighted by molar-refractivity contribution is -0.384. The van der Waals surface area contributed by atoms with Crippen molar-refractivity contribution in [3.8, 4) is 0 Å². The molecule has 0 saturated heterocycles. The lowest BCUT2D eigenvalue weighted by Gasteiger charge is -2.27. The Kier molecular flexibility index (Phi) is 7.79. The third kappa shape index (κ3) is 5.14. The minimum atomic E-state index is -0.897. The number of rotatable bonds is 7. The van der Waals surface area contributed by atoms with E-state index in [0.29, 0.717) is 6.54 Å². The summed E-state index contributed by atoms with van der Waals surface area (Å²) in [6, 6.07) is 6.15. The molecular formula is C13H19ClN2O4. The van der Waals surface area contributed by atoms with Crippen molar-refractivity contribution in [1.29, 1.82) is 0 Å². The molecule has 0 spiro atoms. The van der Waals surface area contributed by atoms with E-state index in [1.807, 2.05) is 13.8 Å². The van der Waals surface area contributed by atoms with E-state index in [-0.39, 0.29) is 30.7 Å². The zero-order chi connectivity index (χ0) is 14.4. The minimum Gasteiger partial charge on any atom is -0.480 e. The summed E-state index contributed by atoms with van der Waals surface area (Å²) in [5, 5.41) is 19.6. The van der Waals surface area contributed by atoms with E-state index >= 15 is 0 Å². The summed E-state index contributed by atoms with van der Waals surface area (Å²) in [7, 11) is 0. The predicted molar refractivity (Wildman–Crippen MR) is 78.3 cm³/mol. The van der Waals surface area contributed by atoms with E-state index < -0.39 is 10.9 Å². The normalized spacial score (nSPS) is 11.8. The highest BCUT2D eigenvalue weighted by atomic mass is 35.5. The molecule has 1 unspecified atom stereocenters. The van der Waals surface area contributed by atoms with Crippen molar-refractivity contribution in [2.24, 2.45) is 0 Å². The van der Waals surface area contributed by atoms with E-state index in [9.17, 15) is 14.9 Å². The average molecular weight is 303 g/mol. The summed E-state index contributed by atoms with van der Waals surface area (Å²) in [4.78, 5) is 22.9. The van der Waals surface area contributed by atoms with Gasteiger partial charge in [0.15, 0.2) is 0 Å². The summed E-state index contributed by atoms with van der Waals surface area (Å²) in [5.74, 6) is -0.897. The van der Waals surface area contributed by atoms with Crippen LogP contribution in [0.2, 0.25) is 0 Å². The Bertz CT molecular complexity index is 467. The largest absolute Gasteiger partial charge is 0.480 e. The Labute approximate surface area is 124 Å². The molecule has 1 N–H and O–H groups in total. The van der Waals surface area contributed by atoms with Gasteiger partial charge in [0, 0.05) is 18.2 Å². The van der Waals surface area contributed by atoms with Crippen molar-refractivity contribution in [1.82, 2.24) is 4.90 Å². The van der Waals surface area contributed by atoms with Crippen LogP contribution >= 0.6 is 12.4 Å². The third-order valence-corrected chi connectivity index (χ3v) is 2.96. The molecule has 1 rings (SSSR count). The molecule has 0 bridgehead atoms. The Balaban J connectivity index is 0.00000361. The van der Waals surface area contributed by atoms with Crippen LogP contribution in [0.5, 0.6) is 0 Å². The van der Waals surface area contributed by atoms with Gasteiger partial charge >= 0.3 is 5.97 Å². The Morgan fingerprint density at radius 1 is 1.50 bits per heavy atom. The molecule has 112 valence electrons. The van der Waals surface area contributed by atoms with Gasteiger partial charge in [-0.3, -0.25) is 19.8 Å². The molecule has 1 atom stereocenters. The van der Waals surface area contributed by atoms with Crippen molar-refractivity contribution >= 4 is 24.1 Å². The van der Waals surface area contributed by atoms with Crippen LogP contribution in [0.1, 0.15) is 31.9 Å². The third-order valence-electron chi connectivity index (χ3n) is 2.96. The molecule has 1 aromatic rings. The summed E-state index contributed by atoms with van der Waals surface area (Å²) in [6.07, 6.45) is 0.826. The van der Waals surface area contributed by atoms with Gasteiger partial charge in [0.25, 0.3) is 5.69 Å². The summed E-state index contributed by atoms with van der Waals surface area (Å²) < 4.78 is 0. The summed E-state index contributed by atoms with van der Waals surface area (Å²) >= 11 is 0. The van der Waals surface area contributed by atoms with E-state index in [0.717, 1.165) is 12.0 Å². The van der Waals surface area contributed by atoms with Crippen LogP contribution in [-0.4, -0.2) is 34.0 Å². The first kappa shape index (κ1) is 18.3. The SMILES string of the molecule is CCCN(CC(=O)O)C(C)c1cccc([N+](=O)[O-])c1.Cl. The van der Waals surface area contributed by atoms with Crippen molar-refractivity contribution in [2.45, 2.75) is 26.3 Å². The quantitative estimate of drug-likeness (QED) is 0.618. The van der Waals surface area contributed by atoms with Gasteiger partial charge in [-0.05, 0) is 25.5 Å². The number of benzene rings is 1. The fourth-order valence-electron chi connectivity index (χ4n) is 1.98. The first-order chi connectivity index (χ1) is 8.95. The number of halogens is 1. The highest BCUT2D eigenvalue weighted by molar-refractivity contribution is 5.85. The molecule has 0 saturated carbocycles. The Morgan fingerprint density at radius 2 is 2.15 bits per heavy atom. The number of non-ortho nitro benzene ring substituents is 1. The highest BCUT2D eigenvalue weighted by Gasteiger charge is 2.19. The number of hydrogen-bond donors (Lipinski definition) is 1. The number of carboxylic acids is 1. The lowest BCUT2D eigenvalue weighted by Crippen LogP contribution is -2.33. The molecule has 0 amide bonds. The summed E-state index contributed by atoms with van der Waals surface area (Å²) in [5.41, 5.74) is 0.778. The number of nitrogens with zero attached hydrogens (tertiary/aromatic N) is 2. The van der Waals surface area contributed by atoms with E-state index in [2.05, 4.69) is 0 Å². The predicted octanol–water partition coefficient (Wildman–Crippen LogP) is 2.87. The molecule has 7 heteroatoms. The molecule has 0 aliphatic rings. The molecule has 0 aliphatic heterocycles. The highest BCUT2D eigenvalue weighted by Crippen LogP contribution is 2.23. The monoisotopic (exact) mass is 302 g/mol. The lowest BCUT2D eigenvalue weighted by atomic mass is 10.1. The molecule has 0 aromatic heterocycles. The van der Waals surface area contributed by atoms with Crippen LogP contribution in [0, 0.1) is 10.1 Å². The number of aliphatic carboxylic acids is 1. The number of carbonyl (C=O) groups is 1. The Hall–Kier alpha value is -1.66. The van der Waals surface area contributed by atoms with Crippen LogP contribution in [0.3, 0.4) is 0 Å². The molecule has 1 aromatic carbocycles. The van der Waals surface area contributed by atoms with Crippen molar-refractivity contribution < 1.29 is 14.8 Å². The molecule has 0 heterocycles. The van der Waals surface area contributed by atoms with Gasteiger partial charge in [0.2, 0.25) is 0 Å². The second-order valence-corrected chi connectivity index (χ2v) is 4.39. The number of nitro benzene ring substituents is 1. The van der Waals surface area contributed by atoms with Crippen LogP contribution in [0.4, 0.5) is 5.69 Å². The van der Waals surface area contributed by atoms with E-state index in [1.54, 1.807) is 17.0 Å². The fraction of sp³-hybridized carbons (Fsp3) is 0.462. The standard InChI is InChI=1S/C13H18N2O4.ClH/c1-3-7-14(9-13(16)17)10(2)11-5-4-6-12(8-11)15(18)19;/h4-6,8,10H,3,7,9H2,1-2H3,(H,16,17);1H. The van der Waals surface area contributed by atoms with E-state index in [4.69, 9.17) is 5.11 Å². The topological polar surface area (TPSA) is 83.7 Å². The second kappa shape index (κ2) is 8.50. The van der Waals surface area contributed by atoms with Gasteiger partial charge in [-0.1, -0.05) is 19.1 Å². The van der Waals surface area contributed by atoms with Crippen LogP contribution in [0.25, 0.3) is 0 Å². The zero-order valence-corrected chi connectivity index (χ0v) is 12.3. The van der Waals surface area contributed by atoms with Crippen LogP contribution in [-0.2, 0) is 4.79 Å². The molecule has 0 radical (unpaired) electrons. The molecule has 20 heavy (non-hydrogen) atoms. The fourth-order valence-corrected chi connectivity index (χ4v) is 1.98. The average Bonchev–Trinajstić information content (AvgIpc) is 2.37. The van der Waals surface area contributed by atoms with Crippen molar-refractivity contribution in [2.75, 3.05) is 13.1 Å². The summed E-state index contributed by atoms with van der Waals surface area (Å²) in [6.45, 7) is 4.39. The van der Waals surface area contributed by atoms with Gasteiger partial charge in [0.1, 0.15) is 0 Å². The van der Waals surface area contributed by atoms with Gasteiger partial charge in [-0.15, -0.1) is 12.4 Å². The smallest absolute Gasteiger partial charge is 0.317 e. The molecular weight excluding hydrogens is 284 g/mol. The maximum absolute atomic E-state index is 10.8. The molecule has 6 nitrogen and oxygen atoms in total. The second-order valence-electron chi connectivity index (χ2n) is 4.39. The maximum Gasteiger partial charge on any atom is 0.317 e. The van der Waals surface area contributed by atoms with Crippen LogP contribution in [0.15, 0.2) is 24.3 Å². The number of nitro groups is 1. The van der Waals surface area contributed by atoms with Crippen molar-refractivity contribution in [3.05, 3.63) is 39.9 Å². The molecule has 0 fully saturated rings. The first-order valence-corrected chi connectivity index (χ1v) is 6.16. The van der Waals surface area contributed by atoms with Crippen LogP contribution < -0.4 is 0 Å². The number of hydrogen-bond acceptors (Lipinski definition) is 4. The molecule has 0 aliphatic carbocycles. The van der Waals surface area contributed by atoms with E-state index in [1.165, 1.54) is 12.1 Å². The van der Waals surface area contributed by atoms with Gasteiger partial charge < -0.3 is 5.11 Å². The van der Waals surface area contributed by atoms with Gasteiger partial charge in [-0.2, -0.15) is 0 Å². The van der Waals surface area contributed by atoms with Gasteiger partial charge in [-0.25, -0.2) is 0 Å². The zero-order valence-electron chi connectivity index (χ0n) is 11.5.